The largest absolute Gasteiger partial charge is 0.536 e. The van der Waals surface area contributed by atoms with Gasteiger partial charge in [-0.15, -0.1) is 0 Å². The van der Waals surface area contributed by atoms with Gasteiger partial charge >= 0.3 is 8.80 Å². The Morgan fingerprint density at radius 3 is 1.64 bits per heavy atom. The van der Waals surface area contributed by atoms with Crippen molar-refractivity contribution in [1.29, 1.82) is 0 Å². The van der Waals surface area contributed by atoms with E-state index in [2.05, 4.69) is 39.8 Å². The molecule has 2 unspecified atom stereocenters. The third-order valence-corrected chi connectivity index (χ3v) is 8.49. The highest BCUT2D eigenvalue weighted by atomic mass is 28.4. The van der Waals surface area contributed by atoms with Crippen LogP contribution in [0, 0.1) is 0 Å². The van der Waals surface area contributed by atoms with Crippen molar-refractivity contribution in [3.63, 3.8) is 0 Å². The van der Waals surface area contributed by atoms with Crippen molar-refractivity contribution < 1.29 is 23.1 Å². The fourth-order valence-corrected chi connectivity index (χ4v) is 5.13. The van der Waals surface area contributed by atoms with Crippen molar-refractivity contribution in [2.24, 2.45) is 0 Å². The summed E-state index contributed by atoms with van der Waals surface area (Å²) in [5, 5.41) is 10.9. The summed E-state index contributed by atoms with van der Waals surface area (Å²) in [4.78, 5) is 0. The molecule has 2 aromatic rings. The normalized spacial score (nSPS) is 13.6. The number of hydrogen-bond acceptors (Lipinski definition) is 5. The SMILES string of the molecule is CCC(C)c1ccc(OC(C)(C)C)c(O)c1.CCC(C)c1ccc([Si](OC)(OC)OC)cc1. The summed E-state index contributed by atoms with van der Waals surface area (Å²) in [6.07, 6.45) is 2.21. The van der Waals surface area contributed by atoms with Crippen LogP contribution in [-0.4, -0.2) is 40.8 Å². The fourth-order valence-electron chi connectivity index (χ4n) is 3.35. The minimum atomic E-state index is -2.66. The molecule has 0 amide bonds. The van der Waals surface area contributed by atoms with Gasteiger partial charge in [-0.1, -0.05) is 58.0 Å². The van der Waals surface area contributed by atoms with Gasteiger partial charge in [0.1, 0.15) is 5.60 Å². The highest BCUT2D eigenvalue weighted by Gasteiger charge is 2.40. The standard InChI is InChI=1S/C14H22O2.C13H22O3Si/c1-6-10(2)11-7-8-13(12(15)9-11)16-14(3,4)5;1-6-11(2)12-7-9-13(10-8-12)17(14-3,15-4)16-5/h7-10,15H,6H2,1-5H3;7-11H,6H2,1-5H3. The van der Waals surface area contributed by atoms with Gasteiger partial charge in [-0.25, -0.2) is 0 Å². The molecular weight excluding hydrogens is 432 g/mol. The Balaban J connectivity index is 0.000000331. The molecule has 2 atom stereocenters. The summed E-state index contributed by atoms with van der Waals surface area (Å²) in [5.74, 6) is 1.83. The minimum absolute atomic E-state index is 0.229. The first-order chi connectivity index (χ1) is 15.5. The predicted molar refractivity (Wildman–Crippen MR) is 139 cm³/mol. The van der Waals surface area contributed by atoms with Crippen LogP contribution in [0.2, 0.25) is 0 Å². The summed E-state index contributed by atoms with van der Waals surface area (Å²) in [6, 6.07) is 14.0. The van der Waals surface area contributed by atoms with E-state index < -0.39 is 8.80 Å². The zero-order valence-electron chi connectivity index (χ0n) is 22.2. The van der Waals surface area contributed by atoms with E-state index in [0.717, 1.165) is 23.6 Å². The van der Waals surface area contributed by atoms with Gasteiger partial charge in [0, 0.05) is 26.5 Å². The highest BCUT2D eigenvalue weighted by Crippen LogP contribution is 2.32. The van der Waals surface area contributed by atoms with E-state index in [-0.39, 0.29) is 11.4 Å². The van der Waals surface area contributed by atoms with Crippen LogP contribution in [0.5, 0.6) is 11.5 Å². The molecule has 0 aliphatic rings. The maximum absolute atomic E-state index is 9.87. The molecule has 0 saturated carbocycles. The lowest BCUT2D eigenvalue weighted by molar-refractivity contribution is 0.126. The fraction of sp³-hybridized carbons (Fsp3) is 0.556. The molecule has 0 aliphatic carbocycles. The maximum atomic E-state index is 9.87. The first kappa shape index (κ1) is 29.2. The Morgan fingerprint density at radius 1 is 0.788 bits per heavy atom. The molecule has 186 valence electrons. The molecule has 5 nitrogen and oxygen atoms in total. The van der Waals surface area contributed by atoms with Crippen molar-refractivity contribution in [1.82, 2.24) is 0 Å². The van der Waals surface area contributed by atoms with Crippen LogP contribution in [0.25, 0.3) is 0 Å². The smallest absolute Gasteiger partial charge is 0.504 e. The van der Waals surface area contributed by atoms with E-state index in [1.807, 2.05) is 45.0 Å². The van der Waals surface area contributed by atoms with Gasteiger partial charge in [0.05, 0.1) is 0 Å². The van der Waals surface area contributed by atoms with E-state index in [4.69, 9.17) is 18.0 Å². The molecule has 0 radical (unpaired) electrons. The molecule has 0 aromatic heterocycles. The Morgan fingerprint density at radius 2 is 1.24 bits per heavy atom. The van der Waals surface area contributed by atoms with Crippen LogP contribution >= 0.6 is 0 Å². The van der Waals surface area contributed by atoms with Gasteiger partial charge in [0.2, 0.25) is 0 Å². The number of phenolic OH excluding ortho intramolecular Hbond substituents is 1. The van der Waals surface area contributed by atoms with Crippen LogP contribution < -0.4 is 9.92 Å². The second kappa shape index (κ2) is 13.1. The molecular formula is C27H44O5Si. The van der Waals surface area contributed by atoms with Crippen LogP contribution in [0.15, 0.2) is 42.5 Å². The summed E-state index contributed by atoms with van der Waals surface area (Å²) < 4.78 is 22.0. The van der Waals surface area contributed by atoms with Crippen molar-refractivity contribution in [2.45, 2.75) is 78.7 Å². The molecule has 2 rings (SSSR count). The van der Waals surface area contributed by atoms with Crippen LogP contribution in [0.3, 0.4) is 0 Å². The molecule has 0 fully saturated rings. The summed E-state index contributed by atoms with van der Waals surface area (Å²) >= 11 is 0. The van der Waals surface area contributed by atoms with Gasteiger partial charge in [0.25, 0.3) is 0 Å². The molecule has 0 saturated heterocycles. The third kappa shape index (κ3) is 8.45. The number of hydrogen-bond donors (Lipinski definition) is 1. The topological polar surface area (TPSA) is 57.2 Å². The molecule has 33 heavy (non-hydrogen) atoms. The Hall–Kier alpha value is -1.86. The van der Waals surface area contributed by atoms with Gasteiger partial charge in [0.15, 0.2) is 11.5 Å². The summed E-state index contributed by atoms with van der Waals surface area (Å²) in [7, 11) is 2.22. The van der Waals surface area contributed by atoms with Crippen molar-refractivity contribution in [3.8, 4) is 11.5 Å². The average molecular weight is 477 g/mol. The van der Waals surface area contributed by atoms with E-state index in [1.165, 1.54) is 5.56 Å². The predicted octanol–water partition coefficient (Wildman–Crippen LogP) is 6.37. The van der Waals surface area contributed by atoms with E-state index in [9.17, 15) is 5.11 Å². The molecule has 0 heterocycles. The molecule has 0 spiro atoms. The van der Waals surface area contributed by atoms with E-state index in [0.29, 0.717) is 17.6 Å². The van der Waals surface area contributed by atoms with Crippen LogP contribution in [0.4, 0.5) is 0 Å². The Bertz CT molecular complexity index is 817. The van der Waals surface area contributed by atoms with Gasteiger partial charge in [-0.3, -0.25) is 0 Å². The summed E-state index contributed by atoms with van der Waals surface area (Å²) in [5.41, 5.74) is 2.21. The number of benzene rings is 2. The zero-order chi connectivity index (χ0) is 25.2. The first-order valence-electron chi connectivity index (χ1n) is 11.7. The molecule has 2 aromatic carbocycles. The van der Waals surface area contributed by atoms with Crippen LogP contribution in [0.1, 0.15) is 84.3 Å². The van der Waals surface area contributed by atoms with Gasteiger partial charge in [-0.05, 0) is 68.7 Å². The Kier molecular flexibility index (Phi) is 11.6. The average Bonchev–Trinajstić information content (AvgIpc) is 2.81. The van der Waals surface area contributed by atoms with E-state index >= 15 is 0 Å². The number of aromatic hydroxyl groups is 1. The first-order valence-corrected chi connectivity index (χ1v) is 13.5. The van der Waals surface area contributed by atoms with Crippen molar-refractivity contribution in [2.75, 3.05) is 21.3 Å². The van der Waals surface area contributed by atoms with Crippen LogP contribution in [-0.2, 0) is 13.3 Å². The minimum Gasteiger partial charge on any atom is -0.504 e. The number of phenols is 1. The van der Waals surface area contributed by atoms with Crippen molar-refractivity contribution >= 4 is 14.0 Å². The summed E-state index contributed by atoms with van der Waals surface area (Å²) in [6.45, 7) is 14.6. The lowest BCUT2D eigenvalue weighted by Crippen LogP contribution is -2.54. The third-order valence-electron chi connectivity index (χ3n) is 5.83. The molecule has 6 heteroatoms. The lowest BCUT2D eigenvalue weighted by Gasteiger charge is -2.24. The second-order valence-electron chi connectivity index (χ2n) is 9.35. The maximum Gasteiger partial charge on any atom is 0.536 e. The second-order valence-corrected chi connectivity index (χ2v) is 12.3. The highest BCUT2D eigenvalue weighted by molar-refractivity contribution is 6.75. The number of rotatable bonds is 9. The monoisotopic (exact) mass is 476 g/mol. The quantitative estimate of drug-likeness (QED) is 0.426. The molecule has 0 bridgehead atoms. The molecule has 0 aliphatic heterocycles. The van der Waals surface area contributed by atoms with Crippen molar-refractivity contribution in [3.05, 3.63) is 53.6 Å². The molecule has 1 N–H and O–H groups in total. The zero-order valence-corrected chi connectivity index (χ0v) is 23.2. The van der Waals surface area contributed by atoms with E-state index in [1.54, 1.807) is 27.4 Å². The van der Waals surface area contributed by atoms with Gasteiger partial charge in [-0.2, -0.15) is 0 Å². The lowest BCUT2D eigenvalue weighted by atomic mass is 9.98. The number of ether oxygens (including phenoxy) is 1. The van der Waals surface area contributed by atoms with Gasteiger partial charge < -0.3 is 23.1 Å². The Labute approximate surface area is 202 Å².